The third kappa shape index (κ3) is 3.01. The molecule has 5 rings (SSSR count). The van der Waals surface area contributed by atoms with E-state index in [1.807, 2.05) is 25.1 Å². The number of fused-ring (bicyclic) bond motifs is 4. The highest BCUT2D eigenvalue weighted by Crippen LogP contribution is 2.44. The summed E-state index contributed by atoms with van der Waals surface area (Å²) >= 11 is 1.56. The number of anilines is 2. The van der Waals surface area contributed by atoms with E-state index in [1.54, 1.807) is 27.2 Å². The molecule has 3 aliphatic rings. The first kappa shape index (κ1) is 19.2. The van der Waals surface area contributed by atoms with Gasteiger partial charge in [0, 0.05) is 24.3 Å². The van der Waals surface area contributed by atoms with Crippen molar-refractivity contribution >= 4 is 39.9 Å². The molecule has 156 valence electrons. The number of aromatic nitrogens is 1. The number of nitrogens with zero attached hydrogens (tertiary/aromatic N) is 3. The Morgan fingerprint density at radius 2 is 2.07 bits per heavy atom. The van der Waals surface area contributed by atoms with Crippen LogP contribution in [0.15, 0.2) is 24.3 Å². The van der Waals surface area contributed by atoms with Gasteiger partial charge in [-0.15, -0.1) is 11.3 Å². The average Bonchev–Trinajstić information content (AvgIpc) is 3.38. The van der Waals surface area contributed by atoms with E-state index in [1.165, 1.54) is 4.88 Å². The zero-order valence-corrected chi connectivity index (χ0v) is 17.8. The summed E-state index contributed by atoms with van der Waals surface area (Å²) in [5, 5.41) is 3.57. The van der Waals surface area contributed by atoms with Crippen LogP contribution in [0.2, 0.25) is 0 Å². The Morgan fingerprint density at radius 1 is 1.23 bits per heavy atom. The molecule has 1 aromatic heterocycles. The summed E-state index contributed by atoms with van der Waals surface area (Å²) in [5.41, 5.74) is 1.69. The number of para-hydroxylation sites is 1. The van der Waals surface area contributed by atoms with Crippen molar-refractivity contribution in [1.29, 1.82) is 0 Å². The van der Waals surface area contributed by atoms with E-state index in [-0.39, 0.29) is 17.7 Å². The number of rotatable bonds is 5. The van der Waals surface area contributed by atoms with Gasteiger partial charge in [0.15, 0.2) is 5.13 Å². The van der Waals surface area contributed by atoms with Gasteiger partial charge in [-0.05, 0) is 51.2 Å². The third-order valence-corrected chi connectivity index (χ3v) is 7.45. The number of hydrogen-bond acceptors (Lipinski definition) is 5. The number of benzene rings is 1. The Hall–Kier alpha value is -2.74. The van der Waals surface area contributed by atoms with Gasteiger partial charge in [0.05, 0.1) is 16.9 Å². The Balaban J connectivity index is 1.26. The number of carbonyl (C=O) groups is 3. The molecule has 30 heavy (non-hydrogen) atoms. The lowest BCUT2D eigenvalue weighted by Crippen LogP contribution is -2.62. The van der Waals surface area contributed by atoms with Crippen molar-refractivity contribution in [2.75, 3.05) is 16.8 Å². The Bertz CT molecular complexity index is 1030. The lowest BCUT2D eigenvalue weighted by atomic mass is 9.98. The minimum absolute atomic E-state index is 0.0389. The first-order chi connectivity index (χ1) is 14.5. The third-order valence-electron chi connectivity index (χ3n) is 6.37. The van der Waals surface area contributed by atoms with Gasteiger partial charge in [0.1, 0.15) is 5.66 Å². The summed E-state index contributed by atoms with van der Waals surface area (Å²) in [5.74, 6) is -0.121. The molecule has 0 saturated carbocycles. The molecule has 1 fully saturated rings. The van der Waals surface area contributed by atoms with E-state index < -0.39 is 5.66 Å². The highest BCUT2D eigenvalue weighted by Gasteiger charge is 2.52. The van der Waals surface area contributed by atoms with Crippen LogP contribution in [0.25, 0.3) is 0 Å². The average molecular weight is 425 g/mol. The molecule has 3 amide bonds. The zero-order chi connectivity index (χ0) is 20.9. The minimum atomic E-state index is -0.672. The smallest absolute Gasteiger partial charge is 0.257 e. The molecule has 3 heterocycles. The molecule has 0 spiro atoms. The molecule has 1 N–H and O–H groups in total. The molecule has 1 unspecified atom stereocenters. The fourth-order valence-corrected chi connectivity index (χ4v) is 5.93. The summed E-state index contributed by atoms with van der Waals surface area (Å²) in [4.78, 5) is 47.5. The van der Waals surface area contributed by atoms with Gasteiger partial charge in [-0.3, -0.25) is 19.3 Å². The summed E-state index contributed by atoms with van der Waals surface area (Å²) in [6.45, 7) is 2.37. The maximum Gasteiger partial charge on any atom is 0.257 e. The molecule has 2 aromatic rings. The predicted molar refractivity (Wildman–Crippen MR) is 115 cm³/mol. The molecule has 0 radical (unpaired) electrons. The van der Waals surface area contributed by atoms with E-state index in [0.717, 1.165) is 25.0 Å². The number of nitrogens with one attached hydrogen (secondary N) is 1. The molecule has 2 aliphatic heterocycles. The summed E-state index contributed by atoms with van der Waals surface area (Å²) in [6.07, 6.45) is 5.05. The number of aryl methyl sites for hydroxylation is 2. The van der Waals surface area contributed by atoms with Crippen LogP contribution < -0.4 is 10.2 Å². The SMILES string of the molecule is CC12CCC(=O)N1c1ccccc1C(=O)N2CCCC(=O)Nc1nc2c(s1)CCC2. The molecule has 1 saturated heterocycles. The van der Waals surface area contributed by atoms with Crippen LogP contribution in [-0.4, -0.2) is 39.8 Å². The van der Waals surface area contributed by atoms with Crippen molar-refractivity contribution < 1.29 is 14.4 Å². The number of thiazole rings is 1. The fourth-order valence-electron chi connectivity index (χ4n) is 4.86. The number of amides is 3. The fraction of sp³-hybridized carbons (Fsp3) is 0.455. The van der Waals surface area contributed by atoms with Crippen LogP contribution >= 0.6 is 11.3 Å². The van der Waals surface area contributed by atoms with E-state index in [2.05, 4.69) is 10.3 Å². The summed E-state index contributed by atoms with van der Waals surface area (Å²) in [7, 11) is 0. The van der Waals surface area contributed by atoms with Crippen LogP contribution in [0.1, 0.15) is 60.0 Å². The largest absolute Gasteiger partial charge is 0.315 e. The molecular weight excluding hydrogens is 400 g/mol. The second kappa shape index (κ2) is 7.19. The first-order valence-corrected chi connectivity index (χ1v) is 11.3. The topological polar surface area (TPSA) is 82.6 Å². The standard InChI is InChI=1S/C22H24N4O3S/c1-22-12-11-19(28)26(22)16-8-3-2-6-14(16)20(29)25(22)13-5-10-18(27)24-21-23-15-7-4-9-17(15)30-21/h2-3,6,8H,4-5,7,9-13H2,1H3,(H,23,24,27). The highest BCUT2D eigenvalue weighted by atomic mass is 32.1. The van der Waals surface area contributed by atoms with Crippen LogP contribution in [0.5, 0.6) is 0 Å². The lowest BCUT2D eigenvalue weighted by Gasteiger charge is -2.48. The maximum atomic E-state index is 13.2. The number of carbonyl (C=O) groups excluding carboxylic acids is 3. The van der Waals surface area contributed by atoms with Crippen LogP contribution in [0.4, 0.5) is 10.8 Å². The molecule has 7 nitrogen and oxygen atoms in total. The van der Waals surface area contributed by atoms with Gasteiger partial charge in [0.25, 0.3) is 5.91 Å². The predicted octanol–water partition coefficient (Wildman–Crippen LogP) is 3.35. The van der Waals surface area contributed by atoms with Gasteiger partial charge in [-0.25, -0.2) is 4.98 Å². The molecule has 1 atom stereocenters. The van der Waals surface area contributed by atoms with Gasteiger partial charge in [0.2, 0.25) is 11.8 Å². The minimum Gasteiger partial charge on any atom is -0.315 e. The van der Waals surface area contributed by atoms with E-state index in [4.69, 9.17) is 0 Å². The Labute approximate surface area is 179 Å². The van der Waals surface area contributed by atoms with Crippen molar-refractivity contribution in [3.8, 4) is 0 Å². The van der Waals surface area contributed by atoms with Crippen LogP contribution in [-0.2, 0) is 22.4 Å². The summed E-state index contributed by atoms with van der Waals surface area (Å²) < 4.78 is 0. The second-order valence-electron chi connectivity index (χ2n) is 8.31. The Kier molecular flexibility index (Phi) is 4.61. The maximum absolute atomic E-state index is 13.2. The van der Waals surface area contributed by atoms with Crippen molar-refractivity contribution in [2.24, 2.45) is 0 Å². The second-order valence-corrected chi connectivity index (χ2v) is 9.40. The molecular formula is C22H24N4O3S. The van der Waals surface area contributed by atoms with Crippen molar-refractivity contribution in [1.82, 2.24) is 9.88 Å². The van der Waals surface area contributed by atoms with E-state index in [0.29, 0.717) is 48.6 Å². The highest BCUT2D eigenvalue weighted by molar-refractivity contribution is 7.15. The van der Waals surface area contributed by atoms with Crippen LogP contribution in [0, 0.1) is 0 Å². The van der Waals surface area contributed by atoms with Crippen LogP contribution in [0.3, 0.4) is 0 Å². The molecule has 1 aromatic carbocycles. The van der Waals surface area contributed by atoms with E-state index in [9.17, 15) is 14.4 Å². The van der Waals surface area contributed by atoms with Crippen molar-refractivity contribution in [3.63, 3.8) is 0 Å². The van der Waals surface area contributed by atoms with E-state index >= 15 is 0 Å². The van der Waals surface area contributed by atoms with Crippen molar-refractivity contribution in [2.45, 2.75) is 57.5 Å². The first-order valence-electron chi connectivity index (χ1n) is 10.5. The zero-order valence-electron chi connectivity index (χ0n) is 16.9. The quantitative estimate of drug-likeness (QED) is 0.798. The lowest BCUT2D eigenvalue weighted by molar-refractivity contribution is -0.118. The van der Waals surface area contributed by atoms with Crippen molar-refractivity contribution in [3.05, 3.63) is 40.4 Å². The summed E-state index contributed by atoms with van der Waals surface area (Å²) in [6, 6.07) is 7.28. The van der Waals surface area contributed by atoms with Gasteiger partial charge < -0.3 is 10.2 Å². The molecule has 8 heteroatoms. The van der Waals surface area contributed by atoms with Gasteiger partial charge in [-0.2, -0.15) is 0 Å². The normalized spacial score (nSPS) is 22.2. The van der Waals surface area contributed by atoms with Gasteiger partial charge in [-0.1, -0.05) is 12.1 Å². The molecule has 1 aliphatic carbocycles. The number of hydrogen-bond donors (Lipinski definition) is 1. The monoisotopic (exact) mass is 424 g/mol. The van der Waals surface area contributed by atoms with Gasteiger partial charge >= 0.3 is 0 Å². The molecule has 0 bridgehead atoms. The Morgan fingerprint density at radius 3 is 2.90 bits per heavy atom.